The molecule has 9 nitrogen and oxygen atoms in total. The van der Waals surface area contributed by atoms with Crippen molar-refractivity contribution in [3.63, 3.8) is 0 Å². The van der Waals surface area contributed by atoms with Crippen LogP contribution in [0.15, 0.2) is 67.4 Å². The number of pyridine rings is 1. The van der Waals surface area contributed by atoms with Crippen molar-refractivity contribution >= 4 is 28.1 Å². The summed E-state index contributed by atoms with van der Waals surface area (Å²) < 4.78 is 13.2. The summed E-state index contributed by atoms with van der Waals surface area (Å²) in [5, 5.41) is 17.3. The van der Waals surface area contributed by atoms with E-state index in [-0.39, 0.29) is 13.2 Å². The summed E-state index contributed by atoms with van der Waals surface area (Å²) in [4.78, 5) is 12.9. The first-order valence-electron chi connectivity index (χ1n) is 10.0. The maximum atomic E-state index is 8.99. The molecule has 3 aromatic heterocycles. The maximum absolute atomic E-state index is 8.99. The average Bonchev–Trinajstić information content (AvgIpc) is 3.28. The number of aromatic nitrogens is 5. The zero-order valence-electron chi connectivity index (χ0n) is 17.3. The molecular weight excluding hydrogens is 408 g/mol. The molecule has 2 N–H and O–H groups in total. The van der Waals surface area contributed by atoms with E-state index in [0.29, 0.717) is 17.3 Å². The van der Waals surface area contributed by atoms with Gasteiger partial charge >= 0.3 is 0 Å². The lowest BCUT2D eigenvalue weighted by Gasteiger charge is -2.13. The Balaban J connectivity index is 1.38. The van der Waals surface area contributed by atoms with Gasteiger partial charge in [0.2, 0.25) is 0 Å². The highest BCUT2D eigenvalue weighted by Crippen LogP contribution is 2.31. The molecule has 0 aliphatic carbocycles. The fourth-order valence-electron chi connectivity index (χ4n) is 3.35. The smallest absolute Gasteiger partial charge is 0.158 e. The summed E-state index contributed by atoms with van der Waals surface area (Å²) in [6.45, 7) is 2.16. The van der Waals surface area contributed by atoms with Crippen LogP contribution < -0.4 is 14.8 Å². The van der Waals surface area contributed by atoms with Crippen LogP contribution >= 0.6 is 0 Å². The molecule has 5 aromatic rings. The van der Waals surface area contributed by atoms with Crippen molar-refractivity contribution in [1.29, 1.82) is 0 Å². The number of fused-ring (bicyclic) bond motifs is 2. The lowest BCUT2D eigenvalue weighted by atomic mass is 10.2. The average molecular weight is 428 g/mol. The largest absolute Gasteiger partial charge is 0.491 e. The number of nitrogens with one attached hydrogen (secondary N) is 1. The van der Waals surface area contributed by atoms with Gasteiger partial charge in [0.25, 0.3) is 0 Å². The van der Waals surface area contributed by atoms with Crippen molar-refractivity contribution < 1.29 is 14.6 Å². The molecule has 0 atom stereocenters. The topological polar surface area (TPSA) is 107 Å². The lowest BCUT2D eigenvalue weighted by Crippen LogP contribution is -2.02. The highest BCUT2D eigenvalue weighted by atomic mass is 16.5. The predicted octanol–water partition coefficient (Wildman–Crippen LogP) is 3.89. The van der Waals surface area contributed by atoms with Gasteiger partial charge in [-0.3, -0.25) is 0 Å². The van der Waals surface area contributed by atoms with Crippen LogP contribution in [0.1, 0.15) is 5.56 Å². The second kappa shape index (κ2) is 8.48. The van der Waals surface area contributed by atoms with Crippen molar-refractivity contribution in [2.75, 3.05) is 18.5 Å². The Kier molecular flexibility index (Phi) is 5.22. The van der Waals surface area contributed by atoms with Crippen molar-refractivity contribution in [3.05, 3.63) is 72.9 Å². The summed E-state index contributed by atoms with van der Waals surface area (Å²) >= 11 is 0. The first kappa shape index (κ1) is 19.7. The highest BCUT2D eigenvalue weighted by molar-refractivity contribution is 5.91. The number of nitrogens with zero attached hydrogens (tertiary/aromatic N) is 5. The zero-order valence-corrected chi connectivity index (χ0v) is 17.3. The summed E-state index contributed by atoms with van der Waals surface area (Å²) in [5.74, 6) is 2.74. The van der Waals surface area contributed by atoms with E-state index in [9.17, 15) is 0 Å². The molecule has 0 unspecified atom stereocenters. The third-order valence-corrected chi connectivity index (χ3v) is 4.88. The SMILES string of the molecule is Cc1cc(Nc2ncnc3ccc(OCCO)cc23)ccc1Oc1ccn2ncnc2c1. The summed E-state index contributed by atoms with van der Waals surface area (Å²) in [5.41, 5.74) is 3.34. The van der Waals surface area contributed by atoms with Crippen LogP contribution in [0, 0.1) is 6.92 Å². The van der Waals surface area contributed by atoms with Gasteiger partial charge in [-0.2, -0.15) is 5.10 Å². The number of rotatable bonds is 7. The van der Waals surface area contributed by atoms with Gasteiger partial charge in [0.1, 0.15) is 42.3 Å². The van der Waals surface area contributed by atoms with Gasteiger partial charge in [-0.15, -0.1) is 0 Å². The Morgan fingerprint density at radius 2 is 1.91 bits per heavy atom. The van der Waals surface area contributed by atoms with Gasteiger partial charge in [0.15, 0.2) is 5.65 Å². The fraction of sp³-hybridized carbons (Fsp3) is 0.130. The molecule has 32 heavy (non-hydrogen) atoms. The first-order valence-corrected chi connectivity index (χ1v) is 10.0. The van der Waals surface area contributed by atoms with E-state index < -0.39 is 0 Å². The fourth-order valence-corrected chi connectivity index (χ4v) is 3.35. The van der Waals surface area contributed by atoms with E-state index in [0.717, 1.165) is 33.6 Å². The van der Waals surface area contributed by atoms with Crippen LogP contribution in [0.2, 0.25) is 0 Å². The minimum absolute atomic E-state index is 0.0467. The first-order chi connectivity index (χ1) is 15.7. The van der Waals surface area contributed by atoms with E-state index in [1.807, 2.05) is 61.7 Å². The van der Waals surface area contributed by atoms with Gasteiger partial charge in [0, 0.05) is 23.3 Å². The van der Waals surface area contributed by atoms with E-state index in [4.69, 9.17) is 14.6 Å². The van der Waals surface area contributed by atoms with Crippen LogP contribution in [0.25, 0.3) is 16.6 Å². The van der Waals surface area contributed by atoms with E-state index >= 15 is 0 Å². The predicted molar refractivity (Wildman–Crippen MR) is 120 cm³/mol. The second-order valence-corrected chi connectivity index (χ2v) is 7.11. The van der Waals surface area contributed by atoms with Crippen molar-refractivity contribution in [2.45, 2.75) is 6.92 Å². The molecule has 0 bridgehead atoms. The molecule has 0 spiro atoms. The van der Waals surface area contributed by atoms with Crippen LogP contribution in [-0.2, 0) is 0 Å². The molecule has 0 aliphatic heterocycles. The van der Waals surface area contributed by atoms with Crippen LogP contribution in [0.5, 0.6) is 17.2 Å². The third-order valence-electron chi connectivity index (χ3n) is 4.88. The van der Waals surface area contributed by atoms with Crippen LogP contribution in [0.3, 0.4) is 0 Å². The Labute approximate surface area is 183 Å². The molecule has 5 rings (SSSR count). The standard InChI is InChI=1S/C23H20N6O3/c1-15-10-16(2-5-21(15)32-18-6-7-29-22(12-18)25-14-27-29)28-23-19-11-17(31-9-8-30)3-4-20(19)24-13-26-23/h2-7,10-14,30H,8-9H2,1H3,(H,24,26,28). The number of aryl methyl sites for hydroxylation is 1. The number of hydrogen-bond acceptors (Lipinski definition) is 8. The van der Waals surface area contributed by atoms with Gasteiger partial charge in [0.05, 0.1) is 12.1 Å². The lowest BCUT2D eigenvalue weighted by molar-refractivity contribution is 0.201. The minimum Gasteiger partial charge on any atom is -0.491 e. The van der Waals surface area contributed by atoms with E-state index in [1.165, 1.54) is 12.7 Å². The molecule has 3 heterocycles. The normalized spacial score (nSPS) is 11.1. The Bertz CT molecular complexity index is 1400. The summed E-state index contributed by atoms with van der Waals surface area (Å²) in [7, 11) is 0. The number of ether oxygens (including phenoxy) is 2. The van der Waals surface area contributed by atoms with Gasteiger partial charge < -0.3 is 19.9 Å². The van der Waals surface area contributed by atoms with E-state index in [2.05, 4.69) is 25.4 Å². The number of benzene rings is 2. The molecule has 0 radical (unpaired) electrons. The molecule has 160 valence electrons. The minimum atomic E-state index is -0.0467. The third kappa shape index (κ3) is 4.01. The molecule has 0 fully saturated rings. The monoisotopic (exact) mass is 428 g/mol. The Hall–Kier alpha value is -4.24. The van der Waals surface area contributed by atoms with Crippen LogP contribution in [-0.4, -0.2) is 42.9 Å². The molecule has 0 aliphatic rings. The Morgan fingerprint density at radius 3 is 2.78 bits per heavy atom. The second-order valence-electron chi connectivity index (χ2n) is 7.11. The molecule has 0 saturated carbocycles. The van der Waals surface area contributed by atoms with Crippen molar-refractivity contribution in [3.8, 4) is 17.2 Å². The highest BCUT2D eigenvalue weighted by Gasteiger charge is 2.09. The van der Waals surface area contributed by atoms with E-state index in [1.54, 1.807) is 4.52 Å². The van der Waals surface area contributed by atoms with Gasteiger partial charge in [-0.25, -0.2) is 19.5 Å². The van der Waals surface area contributed by atoms with Crippen molar-refractivity contribution in [1.82, 2.24) is 24.6 Å². The molecule has 0 amide bonds. The van der Waals surface area contributed by atoms with Crippen molar-refractivity contribution in [2.24, 2.45) is 0 Å². The van der Waals surface area contributed by atoms with Gasteiger partial charge in [-0.05, 0) is 55.0 Å². The Morgan fingerprint density at radius 1 is 0.969 bits per heavy atom. The zero-order chi connectivity index (χ0) is 21.9. The van der Waals surface area contributed by atoms with Crippen LogP contribution in [0.4, 0.5) is 11.5 Å². The summed E-state index contributed by atoms with van der Waals surface area (Å²) in [6, 6.07) is 15.1. The quantitative estimate of drug-likeness (QED) is 0.402. The molecule has 2 aromatic carbocycles. The molecule has 0 saturated heterocycles. The van der Waals surface area contributed by atoms with Gasteiger partial charge in [-0.1, -0.05) is 0 Å². The number of hydrogen-bond donors (Lipinski definition) is 2. The molecule has 9 heteroatoms. The number of aliphatic hydroxyl groups is 1. The summed E-state index contributed by atoms with van der Waals surface area (Å²) in [6.07, 6.45) is 4.83. The number of aliphatic hydroxyl groups excluding tert-OH is 1. The maximum Gasteiger partial charge on any atom is 0.158 e. The number of anilines is 2. The molecular formula is C23H20N6O3.